The minimum Gasteiger partial charge on any atom is -0.508 e. The molecule has 0 saturated carbocycles. The van der Waals surface area contributed by atoms with E-state index in [1.165, 1.54) is 29.6 Å². The van der Waals surface area contributed by atoms with Crippen molar-refractivity contribution in [3.8, 4) is 17.2 Å². The standard InChI is InChI=1S/C35H44N2O7S/c1-6-8-10-30-31(11-9-12-33(30)38)35(40)36-32(22-26-13-15-28(16-14-26)44-21-7-2)34(39)24-37(23-25(3)4)45(41,42)29-19-17-27(43-5)18-20-29/h6-7,9,11-20,25,32,34,38-39H,1-2,8,10,21-24H2,3-5H3,(H,36,40)/t32-,34+/m0/s1. The lowest BCUT2D eigenvalue weighted by Crippen LogP contribution is -2.51. The molecule has 10 heteroatoms. The van der Waals surface area contributed by atoms with Gasteiger partial charge in [0.1, 0.15) is 23.9 Å². The molecule has 0 unspecified atom stereocenters. The van der Waals surface area contributed by atoms with E-state index in [9.17, 15) is 23.4 Å². The molecule has 0 radical (unpaired) electrons. The molecule has 0 aliphatic rings. The third-order valence-electron chi connectivity index (χ3n) is 7.18. The van der Waals surface area contributed by atoms with Gasteiger partial charge in [-0.05, 0) is 79.3 Å². The molecule has 9 nitrogen and oxygen atoms in total. The van der Waals surface area contributed by atoms with Gasteiger partial charge in [0.05, 0.1) is 24.2 Å². The number of carbonyl (C=O) groups excluding carboxylic acids is 1. The van der Waals surface area contributed by atoms with Crippen LogP contribution in [0.1, 0.15) is 41.8 Å². The lowest BCUT2D eigenvalue weighted by Gasteiger charge is -2.31. The number of nitrogens with one attached hydrogen (secondary N) is 1. The van der Waals surface area contributed by atoms with E-state index in [0.717, 1.165) is 5.56 Å². The van der Waals surface area contributed by atoms with Crippen LogP contribution in [0.2, 0.25) is 0 Å². The van der Waals surface area contributed by atoms with Gasteiger partial charge in [0.25, 0.3) is 5.91 Å². The number of hydrogen-bond acceptors (Lipinski definition) is 7. The Labute approximate surface area is 266 Å². The molecule has 0 aromatic heterocycles. The van der Waals surface area contributed by atoms with Crippen molar-refractivity contribution in [1.82, 2.24) is 9.62 Å². The van der Waals surface area contributed by atoms with Crippen molar-refractivity contribution in [3.05, 3.63) is 109 Å². The van der Waals surface area contributed by atoms with Crippen LogP contribution in [0, 0.1) is 5.92 Å². The number of ether oxygens (including phenoxy) is 2. The van der Waals surface area contributed by atoms with Gasteiger partial charge in [-0.3, -0.25) is 4.79 Å². The first kappa shape index (κ1) is 35.4. The lowest BCUT2D eigenvalue weighted by atomic mass is 9.98. The maximum atomic E-state index is 13.8. The van der Waals surface area contributed by atoms with Crippen LogP contribution in [-0.4, -0.2) is 67.8 Å². The van der Waals surface area contributed by atoms with E-state index in [1.807, 2.05) is 26.0 Å². The third-order valence-corrected chi connectivity index (χ3v) is 9.02. The number of nitrogens with zero attached hydrogens (tertiary/aromatic N) is 1. The lowest BCUT2D eigenvalue weighted by molar-refractivity contribution is 0.0774. The van der Waals surface area contributed by atoms with Gasteiger partial charge >= 0.3 is 0 Å². The van der Waals surface area contributed by atoms with E-state index in [0.29, 0.717) is 36.5 Å². The zero-order chi connectivity index (χ0) is 33.0. The number of hydrogen-bond donors (Lipinski definition) is 3. The highest BCUT2D eigenvalue weighted by Crippen LogP contribution is 2.25. The van der Waals surface area contributed by atoms with E-state index < -0.39 is 28.1 Å². The van der Waals surface area contributed by atoms with Crippen LogP contribution in [-0.2, 0) is 22.9 Å². The Bertz CT molecular complexity index is 1520. The fourth-order valence-corrected chi connectivity index (χ4v) is 6.49. The molecule has 0 spiro atoms. The smallest absolute Gasteiger partial charge is 0.252 e. The number of aromatic hydroxyl groups is 1. The van der Waals surface area contributed by atoms with Crippen molar-refractivity contribution in [2.75, 3.05) is 26.8 Å². The van der Waals surface area contributed by atoms with E-state index in [2.05, 4.69) is 18.5 Å². The molecule has 242 valence electrons. The molecule has 3 rings (SSSR count). The molecule has 0 fully saturated rings. The number of sulfonamides is 1. The first-order valence-corrected chi connectivity index (χ1v) is 16.3. The highest BCUT2D eigenvalue weighted by molar-refractivity contribution is 7.89. The average molecular weight is 637 g/mol. The number of aliphatic hydroxyl groups excluding tert-OH is 1. The molecule has 0 aliphatic heterocycles. The van der Waals surface area contributed by atoms with Crippen molar-refractivity contribution in [2.45, 2.75) is 50.2 Å². The van der Waals surface area contributed by atoms with E-state index in [1.54, 1.807) is 48.6 Å². The van der Waals surface area contributed by atoms with Gasteiger partial charge in [-0.2, -0.15) is 4.31 Å². The van der Waals surface area contributed by atoms with Crippen LogP contribution in [0.3, 0.4) is 0 Å². The predicted octanol–water partition coefficient (Wildman–Crippen LogP) is 5.13. The van der Waals surface area contributed by atoms with Crippen LogP contribution in [0.15, 0.2) is 96.9 Å². The summed E-state index contributed by atoms with van der Waals surface area (Å²) in [7, 11) is -2.50. The second-order valence-electron chi connectivity index (χ2n) is 11.1. The summed E-state index contributed by atoms with van der Waals surface area (Å²) in [5.41, 5.74) is 1.53. The maximum absolute atomic E-state index is 13.8. The minimum atomic E-state index is -4.00. The molecule has 1 amide bonds. The number of rotatable bonds is 18. The van der Waals surface area contributed by atoms with Gasteiger partial charge < -0.3 is 25.0 Å². The normalized spacial score (nSPS) is 12.8. The molecule has 0 saturated heterocycles. The summed E-state index contributed by atoms with van der Waals surface area (Å²) >= 11 is 0. The monoisotopic (exact) mass is 636 g/mol. The number of phenolic OH excluding ortho intramolecular Hbond substituents is 1. The number of carbonyl (C=O) groups is 1. The zero-order valence-electron chi connectivity index (χ0n) is 26.2. The first-order chi connectivity index (χ1) is 21.5. The fourth-order valence-electron chi connectivity index (χ4n) is 4.87. The highest BCUT2D eigenvalue weighted by Gasteiger charge is 2.32. The number of benzene rings is 3. The Morgan fingerprint density at radius 1 is 0.978 bits per heavy atom. The SMILES string of the molecule is C=CCCc1c(O)cccc1C(=O)N[C@@H](Cc1ccc(OCC=C)cc1)[C@H](O)CN(CC(C)C)S(=O)(=O)c1ccc(OC)cc1. The highest BCUT2D eigenvalue weighted by atomic mass is 32.2. The molecular weight excluding hydrogens is 592 g/mol. The molecule has 3 aromatic rings. The Kier molecular flexibility index (Phi) is 13.2. The van der Waals surface area contributed by atoms with Gasteiger partial charge in [0.15, 0.2) is 0 Å². The average Bonchev–Trinajstić information content (AvgIpc) is 3.02. The third kappa shape index (κ3) is 9.94. The maximum Gasteiger partial charge on any atom is 0.252 e. The topological polar surface area (TPSA) is 125 Å². The molecule has 3 aromatic carbocycles. The van der Waals surface area contributed by atoms with Crippen LogP contribution >= 0.6 is 0 Å². The first-order valence-electron chi connectivity index (χ1n) is 14.9. The fraction of sp³-hybridized carbons (Fsp3) is 0.343. The van der Waals surface area contributed by atoms with Crippen LogP contribution in [0.4, 0.5) is 0 Å². The van der Waals surface area contributed by atoms with E-state index in [-0.39, 0.29) is 41.6 Å². The summed E-state index contributed by atoms with van der Waals surface area (Å²) in [5.74, 6) is 0.618. The Balaban J connectivity index is 1.95. The number of amides is 1. The number of phenols is 1. The predicted molar refractivity (Wildman–Crippen MR) is 176 cm³/mol. The summed E-state index contributed by atoms with van der Waals surface area (Å²) < 4.78 is 39.5. The largest absolute Gasteiger partial charge is 0.508 e. The van der Waals surface area contributed by atoms with Gasteiger partial charge in [0.2, 0.25) is 10.0 Å². The molecule has 0 bridgehead atoms. The summed E-state index contributed by atoms with van der Waals surface area (Å²) in [6, 6.07) is 17.1. The Morgan fingerprint density at radius 3 is 2.24 bits per heavy atom. The molecule has 0 aliphatic carbocycles. The summed E-state index contributed by atoms with van der Waals surface area (Å²) in [4.78, 5) is 13.7. The number of aliphatic hydroxyl groups is 1. The second-order valence-corrected chi connectivity index (χ2v) is 13.1. The van der Waals surface area contributed by atoms with Crippen molar-refractivity contribution in [3.63, 3.8) is 0 Å². The van der Waals surface area contributed by atoms with Crippen molar-refractivity contribution in [1.29, 1.82) is 0 Å². The second kappa shape index (κ2) is 16.8. The van der Waals surface area contributed by atoms with Crippen molar-refractivity contribution < 1.29 is 32.9 Å². The number of allylic oxidation sites excluding steroid dienone is 1. The van der Waals surface area contributed by atoms with Crippen LogP contribution in [0.25, 0.3) is 0 Å². The van der Waals surface area contributed by atoms with Crippen molar-refractivity contribution in [2.24, 2.45) is 5.92 Å². The Morgan fingerprint density at radius 2 is 1.64 bits per heavy atom. The van der Waals surface area contributed by atoms with Crippen LogP contribution < -0.4 is 14.8 Å². The summed E-state index contributed by atoms with van der Waals surface area (Å²) in [6.07, 6.45) is 3.22. The molecule has 0 heterocycles. The van der Waals surface area contributed by atoms with Gasteiger partial charge in [-0.1, -0.05) is 50.8 Å². The summed E-state index contributed by atoms with van der Waals surface area (Å²) in [5, 5.41) is 25.1. The van der Waals surface area contributed by atoms with Gasteiger partial charge in [0, 0.05) is 24.2 Å². The molecule has 3 N–H and O–H groups in total. The van der Waals surface area contributed by atoms with Gasteiger partial charge in [-0.15, -0.1) is 6.58 Å². The number of methoxy groups -OCH3 is 1. The van der Waals surface area contributed by atoms with E-state index >= 15 is 0 Å². The van der Waals surface area contributed by atoms with Gasteiger partial charge in [-0.25, -0.2) is 8.42 Å². The summed E-state index contributed by atoms with van der Waals surface area (Å²) in [6.45, 7) is 11.4. The molecule has 2 atom stereocenters. The molecular formula is C35H44N2O7S. The van der Waals surface area contributed by atoms with Crippen molar-refractivity contribution >= 4 is 15.9 Å². The van der Waals surface area contributed by atoms with E-state index in [4.69, 9.17) is 9.47 Å². The Hall–Kier alpha value is -4.12. The molecule has 45 heavy (non-hydrogen) atoms. The van der Waals surface area contributed by atoms with Crippen LogP contribution in [0.5, 0.6) is 17.2 Å². The quantitative estimate of drug-likeness (QED) is 0.165. The zero-order valence-corrected chi connectivity index (χ0v) is 27.0. The minimum absolute atomic E-state index is 0.00888.